The van der Waals surface area contributed by atoms with Crippen LogP contribution in [0.5, 0.6) is 0 Å². The maximum absolute atomic E-state index is 13.4. The summed E-state index contributed by atoms with van der Waals surface area (Å²) in [4.78, 5) is 9.73. The molecule has 3 aliphatic heterocycles. The highest BCUT2D eigenvalue weighted by atomic mass is 19.3. The molecule has 0 bridgehead atoms. The first kappa shape index (κ1) is 25.3. The SMILES string of the molecule is C=C1C=Cc2cc(CCCN3CCC4(CC3)C(=C)Nc3ccc(C(F)F)cc34)cnc2N1C1CC(C)(C)C1. The molecule has 1 aliphatic carbocycles. The van der Waals surface area contributed by atoms with Crippen LogP contribution >= 0.6 is 0 Å². The lowest BCUT2D eigenvalue weighted by Crippen LogP contribution is -2.49. The van der Waals surface area contributed by atoms with E-state index >= 15 is 0 Å². The molecule has 200 valence electrons. The highest BCUT2D eigenvalue weighted by molar-refractivity contribution is 5.74. The van der Waals surface area contributed by atoms with Gasteiger partial charge in [-0.15, -0.1) is 0 Å². The molecule has 0 amide bonds. The Morgan fingerprint density at radius 2 is 1.87 bits per heavy atom. The number of fused-ring (bicyclic) bond motifs is 3. The predicted octanol–water partition coefficient (Wildman–Crippen LogP) is 7.46. The quantitative estimate of drug-likeness (QED) is 0.432. The second-order valence-electron chi connectivity index (χ2n) is 12.4. The van der Waals surface area contributed by atoms with Crippen molar-refractivity contribution in [2.45, 2.75) is 70.3 Å². The Kier molecular flexibility index (Phi) is 6.21. The van der Waals surface area contributed by atoms with Crippen molar-refractivity contribution in [1.82, 2.24) is 9.88 Å². The van der Waals surface area contributed by atoms with Crippen molar-refractivity contribution in [3.8, 4) is 0 Å². The normalized spacial score (nSPS) is 22.0. The van der Waals surface area contributed by atoms with E-state index in [1.165, 1.54) is 30.0 Å². The molecule has 6 heteroatoms. The maximum atomic E-state index is 13.4. The second-order valence-corrected chi connectivity index (χ2v) is 12.4. The van der Waals surface area contributed by atoms with Crippen molar-refractivity contribution in [3.05, 3.63) is 83.3 Å². The molecule has 1 N–H and O–H groups in total. The molecule has 1 aromatic heterocycles. The third-order valence-corrected chi connectivity index (χ3v) is 9.21. The van der Waals surface area contributed by atoms with Gasteiger partial charge in [0.05, 0.1) is 0 Å². The van der Waals surface area contributed by atoms with Crippen LogP contribution in [0.4, 0.5) is 20.3 Å². The van der Waals surface area contributed by atoms with Gasteiger partial charge in [-0.25, -0.2) is 13.8 Å². The van der Waals surface area contributed by atoms with E-state index in [-0.39, 0.29) is 11.0 Å². The Balaban J connectivity index is 1.06. The Labute approximate surface area is 225 Å². The van der Waals surface area contributed by atoms with Crippen molar-refractivity contribution in [3.63, 3.8) is 0 Å². The molecule has 2 fully saturated rings. The van der Waals surface area contributed by atoms with Gasteiger partial charge in [0.1, 0.15) is 5.82 Å². The van der Waals surface area contributed by atoms with Gasteiger partial charge in [0.25, 0.3) is 6.43 Å². The van der Waals surface area contributed by atoms with Gasteiger partial charge >= 0.3 is 0 Å². The minimum absolute atomic E-state index is 0.0968. The van der Waals surface area contributed by atoms with Gasteiger partial charge in [0.2, 0.25) is 0 Å². The van der Waals surface area contributed by atoms with Gasteiger partial charge in [-0.1, -0.05) is 33.1 Å². The Morgan fingerprint density at radius 3 is 2.58 bits per heavy atom. The van der Waals surface area contributed by atoms with Crippen molar-refractivity contribution in [2.75, 3.05) is 29.9 Å². The Hall–Kier alpha value is -2.99. The van der Waals surface area contributed by atoms with Gasteiger partial charge in [-0.05, 0) is 105 Å². The van der Waals surface area contributed by atoms with Crippen LogP contribution in [0.25, 0.3) is 6.08 Å². The summed E-state index contributed by atoms with van der Waals surface area (Å²) >= 11 is 0. The number of nitrogens with one attached hydrogen (secondary N) is 1. The summed E-state index contributed by atoms with van der Waals surface area (Å²) in [5.74, 6) is 1.05. The fraction of sp³-hybridized carbons (Fsp3) is 0.469. The molecule has 1 saturated carbocycles. The van der Waals surface area contributed by atoms with Gasteiger partial charge in [-0.2, -0.15) is 0 Å². The van der Waals surface area contributed by atoms with Crippen LogP contribution in [-0.4, -0.2) is 35.6 Å². The van der Waals surface area contributed by atoms with Gasteiger partial charge in [0, 0.05) is 45.9 Å². The molecule has 2 aromatic rings. The van der Waals surface area contributed by atoms with Crippen molar-refractivity contribution >= 4 is 17.6 Å². The number of aryl methyl sites for hydroxylation is 1. The summed E-state index contributed by atoms with van der Waals surface area (Å²) in [5.41, 5.74) is 6.64. The minimum atomic E-state index is -2.45. The number of anilines is 2. The number of rotatable bonds is 6. The van der Waals surface area contributed by atoms with E-state index in [1.807, 2.05) is 6.20 Å². The number of piperidine rings is 1. The molecule has 4 aliphatic rings. The number of halogens is 2. The minimum Gasteiger partial charge on any atom is -0.358 e. The standard InChI is InChI=1S/C32H38F2N4/c1-21-7-8-25-16-23(20-35-30(25)38(21)26-18-31(3,4)19-26)6-5-13-37-14-11-32(12-15-37)22(2)36-28-10-9-24(29(33)34)17-27(28)32/h7-10,16-17,20,26,29,36H,1-2,5-6,11-15,18-19H2,3-4H3. The van der Waals surface area contributed by atoms with Gasteiger partial charge < -0.3 is 15.1 Å². The van der Waals surface area contributed by atoms with E-state index in [1.54, 1.807) is 12.1 Å². The summed E-state index contributed by atoms with van der Waals surface area (Å²) < 4.78 is 26.8. The summed E-state index contributed by atoms with van der Waals surface area (Å²) in [5, 5.41) is 3.37. The first-order valence-corrected chi connectivity index (χ1v) is 13.9. The highest BCUT2D eigenvalue weighted by Crippen LogP contribution is 2.50. The lowest BCUT2D eigenvalue weighted by Gasteiger charge is -2.49. The number of nitrogens with zero attached hydrogens (tertiary/aromatic N) is 3. The third kappa shape index (κ3) is 4.37. The van der Waals surface area contributed by atoms with Crippen molar-refractivity contribution < 1.29 is 8.78 Å². The number of pyridine rings is 1. The number of hydrogen-bond acceptors (Lipinski definition) is 4. The molecule has 0 unspecified atom stereocenters. The molecule has 4 nitrogen and oxygen atoms in total. The number of benzene rings is 1. The number of aromatic nitrogens is 1. The first-order chi connectivity index (χ1) is 18.1. The number of allylic oxidation sites excluding steroid dienone is 2. The van der Waals surface area contributed by atoms with Crippen LogP contribution in [0.2, 0.25) is 0 Å². The van der Waals surface area contributed by atoms with Crippen LogP contribution in [-0.2, 0) is 11.8 Å². The smallest absolute Gasteiger partial charge is 0.263 e. The van der Waals surface area contributed by atoms with Crippen LogP contribution in [0.3, 0.4) is 0 Å². The molecule has 1 saturated heterocycles. The molecule has 6 rings (SSSR count). The molecule has 0 radical (unpaired) electrons. The molecule has 38 heavy (non-hydrogen) atoms. The average Bonchev–Trinajstić information content (AvgIpc) is 3.14. The number of alkyl halides is 2. The monoisotopic (exact) mass is 516 g/mol. The fourth-order valence-electron chi connectivity index (χ4n) is 7.07. The summed E-state index contributed by atoms with van der Waals surface area (Å²) in [7, 11) is 0. The fourth-order valence-corrected chi connectivity index (χ4v) is 7.07. The van der Waals surface area contributed by atoms with Crippen LogP contribution in [0.15, 0.2) is 61.1 Å². The Bertz CT molecular complexity index is 1290. The zero-order valence-electron chi connectivity index (χ0n) is 22.6. The Morgan fingerprint density at radius 1 is 1.11 bits per heavy atom. The van der Waals surface area contributed by atoms with E-state index in [0.717, 1.165) is 73.8 Å². The number of likely N-dealkylation sites (tertiary alicyclic amines) is 1. The van der Waals surface area contributed by atoms with E-state index in [0.29, 0.717) is 11.5 Å². The third-order valence-electron chi connectivity index (χ3n) is 9.21. The molecule has 1 spiro atoms. The van der Waals surface area contributed by atoms with Crippen molar-refractivity contribution in [2.24, 2.45) is 5.41 Å². The van der Waals surface area contributed by atoms with Crippen LogP contribution in [0, 0.1) is 5.41 Å². The second kappa shape index (κ2) is 9.33. The highest BCUT2D eigenvalue weighted by Gasteiger charge is 2.45. The summed E-state index contributed by atoms with van der Waals surface area (Å²) in [6.07, 6.45) is 10.1. The van der Waals surface area contributed by atoms with E-state index in [9.17, 15) is 8.78 Å². The lowest BCUT2D eigenvalue weighted by atomic mass is 9.67. The maximum Gasteiger partial charge on any atom is 0.263 e. The average molecular weight is 517 g/mol. The molecule has 1 aromatic carbocycles. The largest absolute Gasteiger partial charge is 0.358 e. The molecular formula is C32H38F2N4. The number of hydrogen-bond donors (Lipinski definition) is 1. The van der Waals surface area contributed by atoms with Gasteiger partial charge in [0.15, 0.2) is 0 Å². The zero-order valence-corrected chi connectivity index (χ0v) is 22.6. The van der Waals surface area contributed by atoms with Gasteiger partial charge in [-0.3, -0.25) is 0 Å². The van der Waals surface area contributed by atoms with Crippen LogP contribution < -0.4 is 10.2 Å². The molecular weight excluding hydrogens is 478 g/mol. The van der Waals surface area contributed by atoms with Crippen LogP contribution in [0.1, 0.15) is 74.6 Å². The predicted molar refractivity (Wildman–Crippen MR) is 152 cm³/mol. The summed E-state index contributed by atoms with van der Waals surface area (Å²) in [6, 6.07) is 7.78. The molecule has 4 heterocycles. The summed E-state index contributed by atoms with van der Waals surface area (Å²) in [6.45, 7) is 16.1. The molecule has 0 atom stereocenters. The zero-order chi connectivity index (χ0) is 26.7. The van der Waals surface area contributed by atoms with E-state index in [2.05, 4.69) is 60.3 Å². The first-order valence-electron chi connectivity index (χ1n) is 13.9. The van der Waals surface area contributed by atoms with Crippen molar-refractivity contribution in [1.29, 1.82) is 0 Å². The van der Waals surface area contributed by atoms with E-state index < -0.39 is 6.43 Å². The topological polar surface area (TPSA) is 31.4 Å². The lowest BCUT2D eigenvalue weighted by molar-refractivity contribution is 0.150. The van der Waals surface area contributed by atoms with E-state index in [4.69, 9.17) is 4.98 Å².